The van der Waals surface area contributed by atoms with E-state index in [0.29, 0.717) is 13.1 Å². The number of aliphatic imine (C=N–C) groups is 1. The quantitative estimate of drug-likeness (QED) is 0.592. The Balaban J connectivity index is 1.33. The maximum absolute atomic E-state index is 12.9. The van der Waals surface area contributed by atoms with E-state index in [0.717, 1.165) is 43.1 Å². The number of benzene rings is 2. The third kappa shape index (κ3) is 4.36. The van der Waals surface area contributed by atoms with Crippen LogP contribution in [0.15, 0.2) is 65.7 Å². The Hall–Kier alpha value is -2.80. The van der Waals surface area contributed by atoms with Crippen LogP contribution in [0, 0.1) is 0 Å². The molecule has 2 aromatic carbocycles. The standard InChI is InChI=1S/C23H28N4O2S/c1-24-23(26-15-11-20(12-16-26)19-7-3-2-4-8-19)25-14-18-30(28,29)27-17-13-21-9-5-6-10-22(21)27/h2-11H,12-18H2,1H3,(H,24,25). The molecule has 0 saturated carbocycles. The van der Waals surface area contributed by atoms with Gasteiger partial charge in [0.05, 0.1) is 11.4 Å². The summed E-state index contributed by atoms with van der Waals surface area (Å²) in [5, 5.41) is 3.24. The van der Waals surface area contributed by atoms with Gasteiger partial charge in [0.2, 0.25) is 10.0 Å². The second-order valence-corrected chi connectivity index (χ2v) is 9.55. The summed E-state index contributed by atoms with van der Waals surface area (Å²) in [6, 6.07) is 18.1. The van der Waals surface area contributed by atoms with Gasteiger partial charge in [-0.2, -0.15) is 0 Å². The van der Waals surface area contributed by atoms with Crippen LogP contribution >= 0.6 is 0 Å². The summed E-state index contributed by atoms with van der Waals surface area (Å²) < 4.78 is 27.3. The SMILES string of the molecule is CN=C(NCCS(=O)(=O)N1CCc2ccccc21)N1CC=C(c2ccccc2)CC1. The molecule has 158 valence electrons. The van der Waals surface area contributed by atoms with Gasteiger partial charge < -0.3 is 10.2 Å². The van der Waals surface area contributed by atoms with Crippen molar-refractivity contribution in [3.05, 3.63) is 71.8 Å². The molecule has 0 amide bonds. The first-order valence-corrected chi connectivity index (χ1v) is 12.0. The van der Waals surface area contributed by atoms with Crippen LogP contribution in [0.4, 0.5) is 5.69 Å². The number of nitrogens with one attached hydrogen (secondary N) is 1. The van der Waals surface area contributed by atoms with Crippen LogP contribution < -0.4 is 9.62 Å². The molecule has 0 radical (unpaired) electrons. The second kappa shape index (κ2) is 8.92. The minimum absolute atomic E-state index is 0.0410. The average Bonchev–Trinajstić information content (AvgIpc) is 3.23. The van der Waals surface area contributed by atoms with E-state index >= 15 is 0 Å². The first kappa shape index (κ1) is 20.5. The highest BCUT2D eigenvalue weighted by molar-refractivity contribution is 7.92. The van der Waals surface area contributed by atoms with Crippen molar-refractivity contribution in [2.75, 3.05) is 43.3 Å². The summed E-state index contributed by atoms with van der Waals surface area (Å²) >= 11 is 0. The first-order chi connectivity index (χ1) is 14.6. The molecule has 7 heteroatoms. The van der Waals surface area contributed by atoms with Crippen molar-refractivity contribution in [3.63, 3.8) is 0 Å². The minimum Gasteiger partial charge on any atom is -0.355 e. The number of rotatable bonds is 5. The van der Waals surface area contributed by atoms with Crippen LogP contribution in [0.3, 0.4) is 0 Å². The molecule has 1 N–H and O–H groups in total. The van der Waals surface area contributed by atoms with Gasteiger partial charge in [-0.25, -0.2) is 8.42 Å². The van der Waals surface area contributed by atoms with Crippen molar-refractivity contribution < 1.29 is 8.42 Å². The molecule has 2 aliphatic rings. The van der Waals surface area contributed by atoms with Gasteiger partial charge in [0.1, 0.15) is 0 Å². The fourth-order valence-corrected chi connectivity index (χ4v) is 5.53. The third-order valence-corrected chi connectivity index (χ3v) is 7.46. The monoisotopic (exact) mass is 424 g/mol. The smallest absolute Gasteiger partial charge is 0.236 e. The predicted octanol–water partition coefficient (Wildman–Crippen LogP) is 2.74. The number of fused-ring (bicyclic) bond motifs is 1. The van der Waals surface area contributed by atoms with Gasteiger partial charge in [-0.05, 0) is 35.6 Å². The third-order valence-electron chi connectivity index (χ3n) is 5.69. The minimum atomic E-state index is -3.37. The van der Waals surface area contributed by atoms with Crippen molar-refractivity contribution in [1.29, 1.82) is 0 Å². The van der Waals surface area contributed by atoms with Crippen molar-refractivity contribution in [1.82, 2.24) is 10.2 Å². The van der Waals surface area contributed by atoms with Crippen LogP contribution in [0.5, 0.6) is 0 Å². The van der Waals surface area contributed by atoms with Gasteiger partial charge >= 0.3 is 0 Å². The molecule has 0 aromatic heterocycles. The molecule has 0 unspecified atom stereocenters. The lowest BCUT2D eigenvalue weighted by atomic mass is 10.00. The number of hydrogen-bond donors (Lipinski definition) is 1. The molecule has 2 aromatic rings. The van der Waals surface area contributed by atoms with Gasteiger partial charge in [0, 0.05) is 33.2 Å². The highest BCUT2D eigenvalue weighted by Gasteiger charge is 2.28. The lowest BCUT2D eigenvalue weighted by Gasteiger charge is -2.30. The van der Waals surface area contributed by atoms with Crippen molar-refractivity contribution >= 4 is 27.2 Å². The fourth-order valence-electron chi connectivity index (χ4n) is 4.11. The first-order valence-electron chi connectivity index (χ1n) is 10.4. The van der Waals surface area contributed by atoms with Gasteiger partial charge in [-0.1, -0.05) is 54.6 Å². The van der Waals surface area contributed by atoms with Crippen LogP contribution in [0.1, 0.15) is 17.5 Å². The number of anilines is 1. The fraction of sp³-hybridized carbons (Fsp3) is 0.348. The molecule has 0 atom stereocenters. The molecule has 0 saturated heterocycles. The number of nitrogens with zero attached hydrogens (tertiary/aromatic N) is 3. The molecule has 30 heavy (non-hydrogen) atoms. The molecular formula is C23H28N4O2S. The zero-order valence-electron chi connectivity index (χ0n) is 17.3. The summed E-state index contributed by atoms with van der Waals surface area (Å²) in [6.07, 6.45) is 3.94. The number of sulfonamides is 1. The van der Waals surface area contributed by atoms with Crippen LogP contribution in [0.25, 0.3) is 5.57 Å². The topological polar surface area (TPSA) is 65.0 Å². The zero-order valence-corrected chi connectivity index (χ0v) is 18.1. The van der Waals surface area contributed by atoms with Crippen LogP contribution in [0.2, 0.25) is 0 Å². The predicted molar refractivity (Wildman–Crippen MR) is 123 cm³/mol. The normalized spacial score (nSPS) is 17.0. The molecule has 0 fully saturated rings. The van der Waals surface area contributed by atoms with Crippen molar-refractivity contribution in [2.24, 2.45) is 4.99 Å². The molecule has 0 aliphatic carbocycles. The van der Waals surface area contributed by atoms with E-state index in [2.05, 4.69) is 45.6 Å². The van der Waals surface area contributed by atoms with E-state index < -0.39 is 10.0 Å². The molecular weight excluding hydrogens is 396 g/mol. The maximum atomic E-state index is 12.9. The largest absolute Gasteiger partial charge is 0.355 e. The number of guanidine groups is 1. The Bertz CT molecular complexity index is 1050. The summed E-state index contributed by atoms with van der Waals surface area (Å²) in [4.78, 5) is 6.51. The van der Waals surface area contributed by atoms with E-state index in [4.69, 9.17) is 0 Å². The average molecular weight is 425 g/mol. The van der Waals surface area contributed by atoms with Crippen LogP contribution in [-0.4, -0.2) is 58.3 Å². The van der Waals surface area contributed by atoms with Gasteiger partial charge in [0.15, 0.2) is 5.96 Å². The second-order valence-electron chi connectivity index (χ2n) is 7.53. The Kier molecular flexibility index (Phi) is 6.08. The van der Waals surface area contributed by atoms with Gasteiger partial charge in [-0.15, -0.1) is 0 Å². The van der Waals surface area contributed by atoms with Gasteiger partial charge in [-0.3, -0.25) is 9.30 Å². The van der Waals surface area contributed by atoms with Crippen molar-refractivity contribution in [3.8, 4) is 0 Å². The molecule has 2 heterocycles. The number of hydrogen-bond acceptors (Lipinski definition) is 3. The van der Waals surface area contributed by atoms with E-state index in [9.17, 15) is 8.42 Å². The lowest BCUT2D eigenvalue weighted by Crippen LogP contribution is -2.45. The summed E-state index contributed by atoms with van der Waals surface area (Å²) in [6.45, 7) is 2.47. The highest BCUT2D eigenvalue weighted by Crippen LogP contribution is 2.29. The Morgan fingerprint density at radius 1 is 1.03 bits per heavy atom. The summed E-state index contributed by atoms with van der Waals surface area (Å²) in [5.74, 6) is 0.787. The van der Waals surface area contributed by atoms with E-state index in [1.165, 1.54) is 11.1 Å². The van der Waals surface area contributed by atoms with E-state index in [1.54, 1.807) is 11.4 Å². The van der Waals surface area contributed by atoms with Gasteiger partial charge in [0.25, 0.3) is 0 Å². The van der Waals surface area contributed by atoms with Crippen LogP contribution in [-0.2, 0) is 16.4 Å². The van der Waals surface area contributed by atoms with Crippen molar-refractivity contribution in [2.45, 2.75) is 12.8 Å². The van der Waals surface area contributed by atoms with E-state index in [-0.39, 0.29) is 5.75 Å². The molecule has 6 nitrogen and oxygen atoms in total. The molecule has 4 rings (SSSR count). The summed E-state index contributed by atoms with van der Waals surface area (Å²) in [7, 11) is -1.63. The van der Waals surface area contributed by atoms with E-state index in [1.807, 2.05) is 30.3 Å². The lowest BCUT2D eigenvalue weighted by molar-refractivity contribution is 0.441. The molecule has 0 spiro atoms. The maximum Gasteiger partial charge on any atom is 0.236 e. The Morgan fingerprint density at radius 2 is 1.80 bits per heavy atom. The summed E-state index contributed by atoms with van der Waals surface area (Å²) in [5.41, 5.74) is 4.52. The number of para-hydroxylation sites is 1. The zero-order chi connectivity index (χ0) is 21.0. The molecule has 2 aliphatic heterocycles. The Labute approximate surface area is 179 Å². The highest BCUT2D eigenvalue weighted by atomic mass is 32.2. The Morgan fingerprint density at radius 3 is 2.53 bits per heavy atom. The molecule has 0 bridgehead atoms.